The summed E-state index contributed by atoms with van der Waals surface area (Å²) < 4.78 is 34.2. The Balaban J connectivity index is 1.71. The van der Waals surface area contributed by atoms with Gasteiger partial charge in [0.05, 0.1) is 16.8 Å². The van der Waals surface area contributed by atoms with Crippen molar-refractivity contribution in [2.75, 3.05) is 4.90 Å². The predicted octanol–water partition coefficient (Wildman–Crippen LogP) is 5.18. The summed E-state index contributed by atoms with van der Waals surface area (Å²) in [5.41, 5.74) is 1.38. The van der Waals surface area contributed by atoms with Gasteiger partial charge in [-0.05, 0) is 53.4 Å². The SMILES string of the molecule is CC(C)(C)c1ccc(Sc2ccc(N3C(=O)c4ccccc4C3=O)c(S(=O)(=O)O)c2)cc1. The lowest BCUT2D eigenvalue weighted by Crippen LogP contribution is -2.30. The Kier molecular flexibility index (Phi) is 5.48. The zero-order valence-corrected chi connectivity index (χ0v) is 19.3. The Morgan fingerprint density at radius 1 is 0.812 bits per heavy atom. The van der Waals surface area contributed by atoms with E-state index in [2.05, 4.69) is 20.8 Å². The molecule has 0 saturated heterocycles. The van der Waals surface area contributed by atoms with Gasteiger partial charge in [-0.3, -0.25) is 14.1 Å². The third kappa shape index (κ3) is 4.09. The van der Waals surface area contributed by atoms with Gasteiger partial charge in [-0.25, -0.2) is 4.90 Å². The lowest BCUT2D eigenvalue weighted by atomic mass is 9.87. The van der Waals surface area contributed by atoms with E-state index in [1.807, 2.05) is 24.3 Å². The third-order valence-electron chi connectivity index (χ3n) is 5.20. The van der Waals surface area contributed by atoms with Gasteiger partial charge in [-0.2, -0.15) is 8.42 Å². The molecular formula is C24H21NO5S2. The highest BCUT2D eigenvalue weighted by Crippen LogP contribution is 2.37. The first kappa shape index (κ1) is 22.3. The first-order valence-corrected chi connectivity index (χ1v) is 12.1. The second-order valence-corrected chi connectivity index (χ2v) is 11.0. The molecule has 164 valence electrons. The summed E-state index contributed by atoms with van der Waals surface area (Å²) >= 11 is 1.31. The molecule has 32 heavy (non-hydrogen) atoms. The number of fused-ring (bicyclic) bond motifs is 1. The van der Waals surface area contributed by atoms with E-state index in [1.54, 1.807) is 18.2 Å². The molecule has 0 radical (unpaired) electrons. The lowest BCUT2D eigenvalue weighted by Gasteiger charge is -2.19. The zero-order valence-electron chi connectivity index (χ0n) is 17.7. The van der Waals surface area contributed by atoms with E-state index in [0.29, 0.717) is 4.90 Å². The minimum absolute atomic E-state index is 0.00929. The van der Waals surface area contributed by atoms with Crippen LogP contribution in [0.1, 0.15) is 47.1 Å². The van der Waals surface area contributed by atoms with Crippen LogP contribution in [-0.4, -0.2) is 24.8 Å². The maximum absolute atomic E-state index is 12.8. The van der Waals surface area contributed by atoms with Gasteiger partial charge in [-0.15, -0.1) is 0 Å². The van der Waals surface area contributed by atoms with Crippen LogP contribution in [0, 0.1) is 0 Å². The molecule has 0 saturated carbocycles. The highest BCUT2D eigenvalue weighted by molar-refractivity contribution is 7.99. The largest absolute Gasteiger partial charge is 0.296 e. The molecule has 0 bridgehead atoms. The molecular weight excluding hydrogens is 446 g/mol. The molecule has 0 aliphatic carbocycles. The number of benzene rings is 3. The van der Waals surface area contributed by atoms with Crippen LogP contribution >= 0.6 is 11.8 Å². The van der Waals surface area contributed by atoms with Gasteiger partial charge in [0.2, 0.25) is 0 Å². The zero-order chi connectivity index (χ0) is 23.3. The van der Waals surface area contributed by atoms with Crippen molar-refractivity contribution in [3.63, 3.8) is 0 Å². The standard InChI is InChI=1S/C24H21NO5S2/c1-24(2,3)15-8-10-16(11-9-15)31-17-12-13-20(21(14-17)32(28,29)30)25-22(26)18-6-4-5-7-19(18)23(25)27/h4-14H,1-3H3,(H,28,29,30). The molecule has 8 heteroatoms. The van der Waals surface area contributed by atoms with E-state index in [-0.39, 0.29) is 22.2 Å². The molecule has 1 aliphatic rings. The van der Waals surface area contributed by atoms with Gasteiger partial charge in [-0.1, -0.05) is 56.8 Å². The summed E-state index contributed by atoms with van der Waals surface area (Å²) in [5.74, 6) is -1.26. The molecule has 1 N–H and O–H groups in total. The third-order valence-corrected chi connectivity index (χ3v) is 7.08. The van der Waals surface area contributed by atoms with Crippen molar-refractivity contribution in [1.82, 2.24) is 0 Å². The number of carbonyl (C=O) groups is 2. The minimum Gasteiger partial charge on any atom is -0.282 e. The number of carbonyl (C=O) groups excluding carboxylic acids is 2. The molecule has 4 rings (SSSR count). The quantitative estimate of drug-likeness (QED) is 0.420. The summed E-state index contributed by atoms with van der Waals surface area (Å²) in [5, 5.41) is 0. The average Bonchev–Trinajstić information content (AvgIpc) is 2.98. The van der Waals surface area contributed by atoms with Gasteiger partial charge < -0.3 is 0 Å². The monoisotopic (exact) mass is 467 g/mol. The van der Waals surface area contributed by atoms with Crippen molar-refractivity contribution in [2.45, 2.75) is 40.9 Å². The van der Waals surface area contributed by atoms with E-state index in [9.17, 15) is 22.6 Å². The number of imide groups is 1. The minimum atomic E-state index is -4.71. The van der Waals surface area contributed by atoms with Crippen LogP contribution in [0.4, 0.5) is 5.69 Å². The fraction of sp³-hybridized carbons (Fsp3) is 0.167. The van der Waals surface area contributed by atoms with Gasteiger partial charge in [0.15, 0.2) is 0 Å². The Bertz CT molecular complexity index is 1300. The molecule has 0 fully saturated rings. The van der Waals surface area contributed by atoms with E-state index >= 15 is 0 Å². The fourth-order valence-corrected chi connectivity index (χ4v) is 5.15. The van der Waals surface area contributed by atoms with Crippen LogP contribution in [0.3, 0.4) is 0 Å². The van der Waals surface area contributed by atoms with Crippen LogP contribution in [0.25, 0.3) is 0 Å². The smallest absolute Gasteiger partial charge is 0.282 e. The lowest BCUT2D eigenvalue weighted by molar-refractivity contribution is 0.0925. The number of hydrogen-bond donors (Lipinski definition) is 1. The van der Waals surface area contributed by atoms with Crippen LogP contribution in [-0.2, 0) is 15.5 Å². The fourth-order valence-electron chi connectivity index (χ4n) is 3.52. The van der Waals surface area contributed by atoms with Crippen molar-refractivity contribution >= 4 is 39.4 Å². The Morgan fingerprint density at radius 3 is 1.84 bits per heavy atom. The Labute approximate surface area is 191 Å². The van der Waals surface area contributed by atoms with Gasteiger partial charge in [0, 0.05) is 9.79 Å². The van der Waals surface area contributed by atoms with E-state index in [0.717, 1.165) is 9.80 Å². The van der Waals surface area contributed by atoms with Crippen molar-refractivity contribution in [2.24, 2.45) is 0 Å². The molecule has 1 aliphatic heterocycles. The van der Waals surface area contributed by atoms with Gasteiger partial charge in [0.1, 0.15) is 4.90 Å². The van der Waals surface area contributed by atoms with Crippen molar-refractivity contribution in [1.29, 1.82) is 0 Å². The second-order valence-electron chi connectivity index (χ2n) is 8.47. The molecule has 3 aromatic rings. The van der Waals surface area contributed by atoms with Gasteiger partial charge >= 0.3 is 0 Å². The van der Waals surface area contributed by atoms with E-state index in [4.69, 9.17) is 0 Å². The van der Waals surface area contributed by atoms with Gasteiger partial charge in [0.25, 0.3) is 21.9 Å². The Morgan fingerprint density at radius 2 is 1.34 bits per heavy atom. The summed E-state index contributed by atoms with van der Waals surface area (Å²) in [4.78, 5) is 27.3. The number of nitrogens with zero attached hydrogens (tertiary/aromatic N) is 1. The molecule has 0 unspecified atom stereocenters. The average molecular weight is 468 g/mol. The van der Waals surface area contributed by atoms with Crippen molar-refractivity contribution in [3.05, 3.63) is 83.4 Å². The topological polar surface area (TPSA) is 91.8 Å². The Hall–Kier alpha value is -2.94. The second kappa shape index (κ2) is 7.88. The summed E-state index contributed by atoms with van der Waals surface area (Å²) in [7, 11) is -4.71. The first-order valence-electron chi connectivity index (χ1n) is 9.84. The molecule has 0 spiro atoms. The number of anilines is 1. The highest BCUT2D eigenvalue weighted by atomic mass is 32.2. The summed E-state index contributed by atoms with van der Waals surface area (Å²) in [6, 6.07) is 18.4. The molecule has 1 heterocycles. The molecule has 0 aromatic heterocycles. The molecule has 3 aromatic carbocycles. The van der Waals surface area contributed by atoms with Crippen LogP contribution in [0.2, 0.25) is 0 Å². The van der Waals surface area contributed by atoms with Crippen LogP contribution in [0.15, 0.2) is 81.4 Å². The highest BCUT2D eigenvalue weighted by Gasteiger charge is 2.38. The molecule has 0 atom stereocenters. The number of amides is 2. The van der Waals surface area contributed by atoms with Crippen LogP contribution < -0.4 is 4.90 Å². The normalized spacial score (nSPS) is 14.1. The summed E-state index contributed by atoms with van der Waals surface area (Å²) in [6.45, 7) is 6.35. The molecule has 6 nitrogen and oxygen atoms in total. The van der Waals surface area contributed by atoms with Crippen LogP contribution in [0.5, 0.6) is 0 Å². The first-order chi connectivity index (χ1) is 15.0. The number of hydrogen-bond acceptors (Lipinski definition) is 5. The van der Waals surface area contributed by atoms with E-state index in [1.165, 1.54) is 41.6 Å². The summed E-state index contributed by atoms with van der Waals surface area (Å²) in [6.07, 6.45) is 0. The van der Waals surface area contributed by atoms with Crippen molar-refractivity contribution in [3.8, 4) is 0 Å². The van der Waals surface area contributed by atoms with Crippen molar-refractivity contribution < 1.29 is 22.6 Å². The van der Waals surface area contributed by atoms with E-state index < -0.39 is 26.8 Å². The maximum atomic E-state index is 12.8. The maximum Gasteiger partial charge on any atom is 0.296 e. The molecule has 2 amide bonds. The predicted molar refractivity (Wildman–Crippen MR) is 123 cm³/mol. The number of rotatable bonds is 4.